The van der Waals surface area contributed by atoms with Crippen molar-refractivity contribution in [1.82, 2.24) is 15.2 Å². The second-order valence-electron chi connectivity index (χ2n) is 5.47. The summed E-state index contributed by atoms with van der Waals surface area (Å²) >= 11 is 5.92. The van der Waals surface area contributed by atoms with Crippen LogP contribution in [0.5, 0.6) is 0 Å². The number of benzene rings is 1. The molecule has 0 saturated heterocycles. The molecule has 1 aromatic carbocycles. The molecule has 136 valence electrons. The molecule has 7 heteroatoms. The Kier molecular flexibility index (Phi) is 9.77. The Labute approximate surface area is 171 Å². The fourth-order valence-corrected chi connectivity index (χ4v) is 2.40. The zero-order valence-corrected chi connectivity index (χ0v) is 17.5. The van der Waals surface area contributed by atoms with Gasteiger partial charge in [-0.3, -0.25) is 9.98 Å². The van der Waals surface area contributed by atoms with E-state index in [0.717, 1.165) is 28.7 Å². The van der Waals surface area contributed by atoms with Gasteiger partial charge in [-0.1, -0.05) is 23.7 Å². The van der Waals surface area contributed by atoms with Crippen LogP contribution in [0.1, 0.15) is 24.2 Å². The van der Waals surface area contributed by atoms with E-state index in [1.165, 1.54) is 0 Å². The van der Waals surface area contributed by atoms with E-state index in [-0.39, 0.29) is 30.5 Å². The van der Waals surface area contributed by atoms with Gasteiger partial charge in [-0.15, -0.1) is 24.0 Å². The van der Waals surface area contributed by atoms with Crippen molar-refractivity contribution in [2.75, 3.05) is 20.1 Å². The van der Waals surface area contributed by atoms with E-state index < -0.39 is 6.10 Å². The van der Waals surface area contributed by atoms with E-state index in [2.05, 4.69) is 15.3 Å². The maximum Gasteiger partial charge on any atom is 0.194 e. The second kappa shape index (κ2) is 11.3. The standard InChI is InChI=1S/C18H23ClN4O.HI/c1-3-21-18(22-12-17(24)15-8-10-20-11-9-15)23(2)13-14-4-6-16(19)7-5-14;/h4-11,17,24H,3,12-13H2,1-2H3,(H,21,22);1H. The molecular formula is C18H24ClIN4O. The number of pyridine rings is 1. The van der Waals surface area contributed by atoms with Crippen molar-refractivity contribution in [3.8, 4) is 0 Å². The van der Waals surface area contributed by atoms with Crippen LogP contribution in [-0.2, 0) is 6.54 Å². The molecule has 0 radical (unpaired) electrons. The molecule has 2 aromatic rings. The van der Waals surface area contributed by atoms with Gasteiger partial charge in [0.15, 0.2) is 5.96 Å². The van der Waals surface area contributed by atoms with Gasteiger partial charge in [-0.25, -0.2) is 0 Å². The predicted octanol–water partition coefficient (Wildman–Crippen LogP) is 3.48. The molecule has 1 heterocycles. The van der Waals surface area contributed by atoms with Crippen molar-refractivity contribution < 1.29 is 5.11 Å². The molecule has 0 aliphatic rings. The van der Waals surface area contributed by atoms with Gasteiger partial charge >= 0.3 is 0 Å². The van der Waals surface area contributed by atoms with Crippen LogP contribution in [0.2, 0.25) is 5.02 Å². The zero-order valence-electron chi connectivity index (χ0n) is 14.4. The molecule has 0 amide bonds. The Balaban J connectivity index is 0.00000312. The lowest BCUT2D eigenvalue weighted by molar-refractivity contribution is 0.186. The van der Waals surface area contributed by atoms with Gasteiger partial charge in [0.25, 0.3) is 0 Å². The van der Waals surface area contributed by atoms with Gasteiger partial charge in [0.05, 0.1) is 12.6 Å². The van der Waals surface area contributed by atoms with E-state index in [9.17, 15) is 5.11 Å². The minimum absolute atomic E-state index is 0. The summed E-state index contributed by atoms with van der Waals surface area (Å²) in [5.74, 6) is 0.751. The first-order chi connectivity index (χ1) is 11.6. The highest BCUT2D eigenvalue weighted by molar-refractivity contribution is 14.0. The highest BCUT2D eigenvalue weighted by atomic mass is 127. The molecule has 0 aliphatic carbocycles. The van der Waals surface area contributed by atoms with Crippen molar-refractivity contribution in [3.05, 3.63) is 64.9 Å². The first kappa shape index (κ1) is 21.7. The molecule has 2 rings (SSSR count). The van der Waals surface area contributed by atoms with Gasteiger partial charge in [-0.2, -0.15) is 0 Å². The number of hydrogen-bond acceptors (Lipinski definition) is 3. The van der Waals surface area contributed by atoms with Crippen molar-refractivity contribution in [1.29, 1.82) is 0 Å². The number of nitrogens with zero attached hydrogens (tertiary/aromatic N) is 3. The van der Waals surface area contributed by atoms with Gasteiger partial charge in [0.1, 0.15) is 0 Å². The van der Waals surface area contributed by atoms with Crippen molar-refractivity contribution in [3.63, 3.8) is 0 Å². The number of hydrogen-bond donors (Lipinski definition) is 2. The normalized spacial score (nSPS) is 12.2. The number of aliphatic hydroxyl groups excluding tert-OH is 1. The number of nitrogens with one attached hydrogen (secondary N) is 1. The molecule has 0 saturated carbocycles. The summed E-state index contributed by atoms with van der Waals surface area (Å²) in [6.45, 7) is 3.77. The third kappa shape index (κ3) is 7.17. The number of halogens is 2. The van der Waals surface area contributed by atoms with Crippen LogP contribution < -0.4 is 5.32 Å². The predicted molar refractivity (Wildman–Crippen MR) is 114 cm³/mol. The lowest BCUT2D eigenvalue weighted by Crippen LogP contribution is -2.38. The monoisotopic (exact) mass is 474 g/mol. The quantitative estimate of drug-likeness (QED) is 0.382. The van der Waals surface area contributed by atoms with Crippen molar-refractivity contribution in [2.45, 2.75) is 19.6 Å². The number of guanidine groups is 1. The van der Waals surface area contributed by atoms with Gasteiger partial charge in [0.2, 0.25) is 0 Å². The summed E-state index contributed by atoms with van der Waals surface area (Å²) in [7, 11) is 1.97. The highest BCUT2D eigenvalue weighted by Gasteiger charge is 2.10. The highest BCUT2D eigenvalue weighted by Crippen LogP contribution is 2.13. The summed E-state index contributed by atoms with van der Waals surface area (Å²) in [5.41, 5.74) is 1.95. The molecule has 25 heavy (non-hydrogen) atoms. The van der Waals surface area contributed by atoms with E-state index >= 15 is 0 Å². The lowest BCUT2D eigenvalue weighted by atomic mass is 10.1. The summed E-state index contributed by atoms with van der Waals surface area (Å²) < 4.78 is 0. The molecule has 5 nitrogen and oxygen atoms in total. The fraction of sp³-hybridized carbons (Fsp3) is 0.333. The first-order valence-electron chi connectivity index (χ1n) is 7.92. The molecule has 1 atom stereocenters. The molecule has 0 bridgehead atoms. The van der Waals surface area contributed by atoms with Gasteiger partial charge in [-0.05, 0) is 42.3 Å². The first-order valence-corrected chi connectivity index (χ1v) is 8.29. The van der Waals surface area contributed by atoms with Crippen LogP contribution in [0.25, 0.3) is 0 Å². The van der Waals surface area contributed by atoms with Crippen molar-refractivity contribution in [2.24, 2.45) is 4.99 Å². The Hall–Kier alpha value is -1.38. The maximum atomic E-state index is 10.2. The Morgan fingerprint density at radius 2 is 1.88 bits per heavy atom. The van der Waals surface area contributed by atoms with Crippen LogP contribution in [0.3, 0.4) is 0 Å². The summed E-state index contributed by atoms with van der Waals surface area (Å²) in [5, 5.41) is 14.2. The van der Waals surface area contributed by atoms with E-state index in [4.69, 9.17) is 11.6 Å². The average molecular weight is 475 g/mol. The van der Waals surface area contributed by atoms with Crippen LogP contribution in [0.15, 0.2) is 53.8 Å². The van der Waals surface area contributed by atoms with Crippen molar-refractivity contribution >= 4 is 41.5 Å². The maximum absolute atomic E-state index is 10.2. The average Bonchev–Trinajstić information content (AvgIpc) is 2.61. The zero-order chi connectivity index (χ0) is 17.4. The second-order valence-corrected chi connectivity index (χ2v) is 5.91. The van der Waals surface area contributed by atoms with Crippen LogP contribution in [-0.4, -0.2) is 41.1 Å². The molecule has 2 N–H and O–H groups in total. The Morgan fingerprint density at radius 1 is 1.24 bits per heavy atom. The lowest BCUT2D eigenvalue weighted by Gasteiger charge is -2.22. The van der Waals surface area contributed by atoms with Crippen LogP contribution >= 0.6 is 35.6 Å². The minimum atomic E-state index is -0.648. The van der Waals surface area contributed by atoms with E-state index in [1.54, 1.807) is 24.5 Å². The Morgan fingerprint density at radius 3 is 2.48 bits per heavy atom. The fourth-order valence-electron chi connectivity index (χ4n) is 2.27. The molecule has 0 aliphatic heterocycles. The third-order valence-corrected chi connectivity index (χ3v) is 3.79. The van der Waals surface area contributed by atoms with Crippen LogP contribution in [0.4, 0.5) is 0 Å². The summed E-state index contributed by atoms with van der Waals surface area (Å²) in [6.07, 6.45) is 2.69. The largest absolute Gasteiger partial charge is 0.386 e. The Bertz CT molecular complexity index is 652. The smallest absolute Gasteiger partial charge is 0.194 e. The molecule has 0 spiro atoms. The van der Waals surface area contributed by atoms with Crippen LogP contribution in [0, 0.1) is 0 Å². The molecule has 0 fully saturated rings. The topological polar surface area (TPSA) is 60.8 Å². The van der Waals surface area contributed by atoms with E-state index in [1.807, 2.05) is 43.1 Å². The van der Waals surface area contributed by atoms with Gasteiger partial charge in [0, 0.05) is 37.6 Å². The molecule has 1 aromatic heterocycles. The number of aliphatic imine (C=N–C) groups is 1. The number of aromatic nitrogens is 1. The molecular weight excluding hydrogens is 451 g/mol. The third-order valence-electron chi connectivity index (χ3n) is 3.53. The summed E-state index contributed by atoms with van der Waals surface area (Å²) in [4.78, 5) is 10.5. The number of rotatable bonds is 6. The minimum Gasteiger partial charge on any atom is -0.386 e. The molecule has 1 unspecified atom stereocenters. The number of aliphatic hydroxyl groups is 1. The summed E-state index contributed by atoms with van der Waals surface area (Å²) in [6, 6.07) is 11.3. The van der Waals surface area contributed by atoms with E-state index in [0.29, 0.717) is 6.54 Å². The SMILES string of the molecule is CCNC(=NCC(O)c1ccncc1)N(C)Cc1ccc(Cl)cc1.I. The van der Waals surface area contributed by atoms with Gasteiger partial charge < -0.3 is 15.3 Å².